The molecular weight excluding hydrogens is 286 g/mol. The number of ether oxygens (including phenoxy) is 1. The van der Waals surface area contributed by atoms with Crippen LogP contribution in [0, 0.1) is 0 Å². The first-order chi connectivity index (χ1) is 10.1. The van der Waals surface area contributed by atoms with Gasteiger partial charge in [-0.3, -0.25) is 0 Å². The summed E-state index contributed by atoms with van der Waals surface area (Å²) in [6.45, 7) is 5.05. The molecule has 0 aromatic heterocycles. The largest absolute Gasteiger partial charge is 0.504 e. The maximum absolute atomic E-state index is 10.2. The zero-order valence-electron chi connectivity index (χ0n) is 12.3. The topological polar surface area (TPSA) is 41.5 Å². The molecule has 0 heterocycles. The monoisotopic (exact) mass is 305 g/mol. The minimum atomic E-state index is 0.138. The van der Waals surface area contributed by atoms with Gasteiger partial charge < -0.3 is 15.2 Å². The number of nitrogens with one attached hydrogen (secondary N) is 1. The van der Waals surface area contributed by atoms with Gasteiger partial charge in [-0.05, 0) is 37.6 Å². The molecule has 2 N–H and O–H groups in total. The number of para-hydroxylation sites is 1. The average molecular weight is 306 g/mol. The van der Waals surface area contributed by atoms with E-state index in [0.717, 1.165) is 16.1 Å². The Hall–Kier alpha value is -1.71. The lowest BCUT2D eigenvalue weighted by Gasteiger charge is -2.16. The number of hydrogen-bond donors (Lipinski definition) is 2. The Morgan fingerprint density at radius 3 is 2.71 bits per heavy atom. The summed E-state index contributed by atoms with van der Waals surface area (Å²) in [5.74, 6) is 0.720. The molecule has 0 saturated carbocycles. The van der Waals surface area contributed by atoms with E-state index >= 15 is 0 Å². The third-order valence-electron chi connectivity index (χ3n) is 3.33. The molecule has 1 unspecified atom stereocenters. The first kappa shape index (κ1) is 15.7. The van der Waals surface area contributed by atoms with Crippen molar-refractivity contribution in [1.82, 2.24) is 5.32 Å². The lowest BCUT2D eigenvalue weighted by atomic mass is 10.1. The van der Waals surface area contributed by atoms with E-state index in [2.05, 4.69) is 12.2 Å². The number of halogens is 1. The van der Waals surface area contributed by atoms with Crippen LogP contribution in [0.3, 0.4) is 0 Å². The maximum atomic E-state index is 10.2. The molecule has 0 bridgehead atoms. The van der Waals surface area contributed by atoms with Crippen molar-refractivity contribution >= 4 is 11.6 Å². The van der Waals surface area contributed by atoms with E-state index in [4.69, 9.17) is 16.3 Å². The Morgan fingerprint density at radius 2 is 2.00 bits per heavy atom. The van der Waals surface area contributed by atoms with Gasteiger partial charge in [0.2, 0.25) is 0 Å². The smallest absolute Gasteiger partial charge is 0.162 e. The number of aromatic hydroxyl groups is 1. The molecule has 0 spiro atoms. The molecule has 2 rings (SSSR count). The minimum absolute atomic E-state index is 0.138. The van der Waals surface area contributed by atoms with Crippen molar-refractivity contribution in [3.63, 3.8) is 0 Å². The summed E-state index contributed by atoms with van der Waals surface area (Å²) in [6.07, 6.45) is 0. The predicted octanol–water partition coefficient (Wildman–Crippen LogP) is 4.30. The van der Waals surface area contributed by atoms with E-state index in [1.165, 1.54) is 0 Å². The van der Waals surface area contributed by atoms with E-state index < -0.39 is 0 Å². The van der Waals surface area contributed by atoms with Crippen molar-refractivity contribution in [1.29, 1.82) is 0 Å². The van der Waals surface area contributed by atoms with Gasteiger partial charge in [0.15, 0.2) is 11.5 Å². The first-order valence-electron chi connectivity index (χ1n) is 7.04. The molecular formula is C17H20ClNO2. The van der Waals surface area contributed by atoms with Crippen molar-refractivity contribution in [3.8, 4) is 11.5 Å². The van der Waals surface area contributed by atoms with Crippen LogP contribution >= 0.6 is 11.6 Å². The third-order valence-corrected chi connectivity index (χ3v) is 3.56. The lowest BCUT2D eigenvalue weighted by Crippen LogP contribution is -2.18. The highest BCUT2D eigenvalue weighted by Gasteiger charge is 2.10. The predicted molar refractivity (Wildman–Crippen MR) is 86.0 cm³/mol. The summed E-state index contributed by atoms with van der Waals surface area (Å²) in [4.78, 5) is 0. The van der Waals surface area contributed by atoms with Crippen LogP contribution < -0.4 is 10.1 Å². The molecule has 112 valence electrons. The highest BCUT2D eigenvalue weighted by Crippen LogP contribution is 2.30. The van der Waals surface area contributed by atoms with Crippen LogP contribution in [0.4, 0.5) is 0 Å². The first-order valence-corrected chi connectivity index (χ1v) is 7.42. The van der Waals surface area contributed by atoms with E-state index in [9.17, 15) is 5.11 Å². The van der Waals surface area contributed by atoms with Crippen LogP contribution in [0.25, 0.3) is 0 Å². The summed E-state index contributed by atoms with van der Waals surface area (Å²) in [6, 6.07) is 13.4. The zero-order valence-corrected chi connectivity index (χ0v) is 13.0. The zero-order chi connectivity index (χ0) is 15.2. The Balaban J connectivity index is 2.04. The van der Waals surface area contributed by atoms with E-state index in [-0.39, 0.29) is 11.8 Å². The summed E-state index contributed by atoms with van der Waals surface area (Å²) < 4.78 is 5.39. The summed E-state index contributed by atoms with van der Waals surface area (Å²) >= 11 is 6.00. The molecule has 3 nitrogen and oxygen atoms in total. The van der Waals surface area contributed by atoms with Crippen molar-refractivity contribution < 1.29 is 9.84 Å². The van der Waals surface area contributed by atoms with Gasteiger partial charge in [0.1, 0.15) is 0 Å². The van der Waals surface area contributed by atoms with Crippen molar-refractivity contribution in [2.75, 3.05) is 6.61 Å². The Morgan fingerprint density at radius 1 is 1.24 bits per heavy atom. The van der Waals surface area contributed by atoms with E-state index in [1.54, 1.807) is 6.07 Å². The van der Waals surface area contributed by atoms with Gasteiger partial charge in [-0.15, -0.1) is 0 Å². The molecule has 4 heteroatoms. The number of phenolic OH excluding ortho intramolecular Hbond substituents is 1. The summed E-state index contributed by atoms with van der Waals surface area (Å²) in [5, 5.41) is 14.3. The molecule has 0 aliphatic carbocycles. The third kappa shape index (κ3) is 4.13. The normalized spacial score (nSPS) is 12.1. The van der Waals surface area contributed by atoms with Crippen LogP contribution in [0.5, 0.6) is 11.5 Å². The second kappa shape index (κ2) is 7.34. The standard InChI is InChI=1S/C17H20ClNO2/c1-3-21-16-9-5-7-14(17(16)20)11-19-12(2)13-6-4-8-15(18)10-13/h4-10,12,19-20H,3,11H2,1-2H3. The van der Waals surface area contributed by atoms with E-state index in [0.29, 0.717) is 18.9 Å². The van der Waals surface area contributed by atoms with Crippen LogP contribution in [0.15, 0.2) is 42.5 Å². The lowest BCUT2D eigenvalue weighted by molar-refractivity contribution is 0.316. The highest BCUT2D eigenvalue weighted by molar-refractivity contribution is 6.30. The van der Waals surface area contributed by atoms with Gasteiger partial charge in [0, 0.05) is 23.2 Å². The highest BCUT2D eigenvalue weighted by atomic mass is 35.5. The average Bonchev–Trinajstić information content (AvgIpc) is 2.48. The van der Waals surface area contributed by atoms with Crippen LogP contribution in [-0.4, -0.2) is 11.7 Å². The van der Waals surface area contributed by atoms with Gasteiger partial charge in [0.05, 0.1) is 6.61 Å². The van der Waals surface area contributed by atoms with Crippen molar-refractivity contribution in [2.24, 2.45) is 0 Å². The number of benzene rings is 2. The molecule has 0 fully saturated rings. The Kier molecular flexibility index (Phi) is 5.48. The summed E-state index contributed by atoms with van der Waals surface area (Å²) in [7, 11) is 0. The molecule has 0 aliphatic heterocycles. The second-order valence-electron chi connectivity index (χ2n) is 4.85. The maximum Gasteiger partial charge on any atom is 0.162 e. The molecule has 2 aromatic carbocycles. The molecule has 0 saturated heterocycles. The molecule has 21 heavy (non-hydrogen) atoms. The molecule has 0 radical (unpaired) electrons. The molecule has 1 atom stereocenters. The Bertz CT molecular complexity index is 601. The fourth-order valence-electron chi connectivity index (χ4n) is 2.14. The number of rotatable bonds is 6. The molecule has 2 aromatic rings. The second-order valence-corrected chi connectivity index (χ2v) is 5.29. The van der Waals surface area contributed by atoms with Gasteiger partial charge in [-0.1, -0.05) is 35.9 Å². The van der Waals surface area contributed by atoms with Gasteiger partial charge in [0.25, 0.3) is 0 Å². The van der Waals surface area contributed by atoms with Crippen molar-refractivity contribution in [2.45, 2.75) is 26.4 Å². The van der Waals surface area contributed by atoms with Crippen LogP contribution in [0.2, 0.25) is 5.02 Å². The van der Waals surface area contributed by atoms with Crippen LogP contribution in [-0.2, 0) is 6.54 Å². The molecule has 0 amide bonds. The van der Waals surface area contributed by atoms with Crippen LogP contribution in [0.1, 0.15) is 31.0 Å². The fourth-order valence-corrected chi connectivity index (χ4v) is 2.34. The molecule has 0 aliphatic rings. The number of hydrogen-bond acceptors (Lipinski definition) is 3. The Labute approximate surface area is 130 Å². The SMILES string of the molecule is CCOc1cccc(CNC(C)c2cccc(Cl)c2)c1O. The van der Waals surface area contributed by atoms with Gasteiger partial charge in [-0.25, -0.2) is 0 Å². The fraction of sp³-hybridized carbons (Fsp3) is 0.294. The summed E-state index contributed by atoms with van der Waals surface area (Å²) in [5.41, 5.74) is 1.93. The van der Waals surface area contributed by atoms with E-state index in [1.807, 2.05) is 43.3 Å². The van der Waals surface area contributed by atoms with Crippen molar-refractivity contribution in [3.05, 3.63) is 58.6 Å². The van der Waals surface area contributed by atoms with Gasteiger partial charge >= 0.3 is 0 Å². The quantitative estimate of drug-likeness (QED) is 0.836. The van der Waals surface area contributed by atoms with Gasteiger partial charge in [-0.2, -0.15) is 0 Å². The minimum Gasteiger partial charge on any atom is -0.504 e. The number of phenols is 1.